The molecule has 3 rings (SSSR count). The van der Waals surface area contributed by atoms with Crippen molar-refractivity contribution in [3.63, 3.8) is 0 Å². The van der Waals surface area contributed by atoms with Crippen molar-refractivity contribution in [2.24, 2.45) is 0 Å². The number of rotatable bonds is 7. The number of nitrogens with zero attached hydrogens (tertiary/aromatic N) is 1. The molecule has 1 aliphatic rings. The number of H-pyrrole nitrogens is 1. The maximum absolute atomic E-state index is 13.2. The molecule has 0 bridgehead atoms. The SMILES string of the molecule is COc1ccc(C(=O)OCC(=O)c2ccc[nH]2)cc1S(=O)(=O)N1CCCCC1C. The van der Waals surface area contributed by atoms with Gasteiger partial charge in [0, 0.05) is 18.8 Å². The van der Waals surface area contributed by atoms with Crippen LogP contribution in [0.4, 0.5) is 0 Å². The zero-order valence-corrected chi connectivity index (χ0v) is 17.2. The molecule has 2 aromatic rings. The topological polar surface area (TPSA) is 106 Å². The van der Waals surface area contributed by atoms with E-state index < -0.39 is 22.6 Å². The Kier molecular flexibility index (Phi) is 6.39. The Balaban J connectivity index is 1.82. The van der Waals surface area contributed by atoms with Crippen LogP contribution < -0.4 is 4.74 Å². The first-order valence-corrected chi connectivity index (χ1v) is 10.8. The number of benzene rings is 1. The van der Waals surface area contributed by atoms with E-state index in [1.165, 1.54) is 29.6 Å². The summed E-state index contributed by atoms with van der Waals surface area (Å²) in [5, 5.41) is 0. The van der Waals surface area contributed by atoms with Gasteiger partial charge in [0.15, 0.2) is 6.61 Å². The fourth-order valence-electron chi connectivity index (χ4n) is 3.36. The number of carbonyl (C=O) groups excluding carboxylic acids is 2. The number of esters is 1. The molecule has 1 atom stereocenters. The molecule has 0 saturated carbocycles. The fraction of sp³-hybridized carbons (Fsp3) is 0.400. The summed E-state index contributed by atoms with van der Waals surface area (Å²) in [6, 6.07) is 7.19. The van der Waals surface area contributed by atoms with E-state index in [1.54, 1.807) is 18.3 Å². The van der Waals surface area contributed by atoms with Crippen LogP contribution in [0.1, 0.15) is 47.0 Å². The van der Waals surface area contributed by atoms with Crippen LogP contribution in [0.5, 0.6) is 5.75 Å². The van der Waals surface area contributed by atoms with E-state index in [9.17, 15) is 18.0 Å². The van der Waals surface area contributed by atoms with Crippen LogP contribution in [0, 0.1) is 0 Å². The first kappa shape index (κ1) is 21.1. The molecule has 0 radical (unpaired) electrons. The van der Waals surface area contributed by atoms with Gasteiger partial charge in [-0.25, -0.2) is 13.2 Å². The summed E-state index contributed by atoms with van der Waals surface area (Å²) in [7, 11) is -2.47. The minimum Gasteiger partial charge on any atom is -0.495 e. The third kappa shape index (κ3) is 4.51. The lowest BCUT2D eigenvalue weighted by Gasteiger charge is -2.32. The molecule has 1 saturated heterocycles. The first-order chi connectivity index (χ1) is 13.8. The smallest absolute Gasteiger partial charge is 0.338 e. The van der Waals surface area contributed by atoms with Gasteiger partial charge in [-0.2, -0.15) is 4.31 Å². The lowest BCUT2D eigenvalue weighted by atomic mass is 10.1. The van der Waals surface area contributed by atoms with Crippen molar-refractivity contribution >= 4 is 21.8 Å². The van der Waals surface area contributed by atoms with Gasteiger partial charge < -0.3 is 14.5 Å². The highest BCUT2D eigenvalue weighted by Crippen LogP contribution is 2.31. The van der Waals surface area contributed by atoms with Crippen LogP contribution >= 0.6 is 0 Å². The van der Waals surface area contributed by atoms with E-state index in [2.05, 4.69) is 4.98 Å². The number of methoxy groups -OCH3 is 1. The quantitative estimate of drug-likeness (QED) is 0.545. The molecular weight excluding hydrogens is 396 g/mol. The average Bonchev–Trinajstić information content (AvgIpc) is 3.26. The highest BCUT2D eigenvalue weighted by Gasteiger charge is 2.33. The lowest BCUT2D eigenvalue weighted by molar-refractivity contribution is 0.0473. The maximum atomic E-state index is 13.2. The molecule has 1 aromatic heterocycles. The van der Waals surface area contributed by atoms with Gasteiger partial charge in [0.25, 0.3) is 0 Å². The van der Waals surface area contributed by atoms with Crippen molar-refractivity contribution in [1.29, 1.82) is 0 Å². The number of Topliss-reactive ketones (excluding diaryl/α,β-unsaturated/α-hetero) is 1. The Morgan fingerprint density at radius 2 is 2.03 bits per heavy atom. The molecule has 29 heavy (non-hydrogen) atoms. The van der Waals surface area contributed by atoms with E-state index in [4.69, 9.17) is 9.47 Å². The molecule has 0 amide bonds. The van der Waals surface area contributed by atoms with Gasteiger partial charge in [0.1, 0.15) is 10.6 Å². The van der Waals surface area contributed by atoms with E-state index >= 15 is 0 Å². The minimum atomic E-state index is -3.85. The lowest BCUT2D eigenvalue weighted by Crippen LogP contribution is -2.42. The molecule has 8 nitrogen and oxygen atoms in total. The summed E-state index contributed by atoms with van der Waals surface area (Å²) in [5.41, 5.74) is 0.364. The second-order valence-electron chi connectivity index (χ2n) is 6.91. The number of sulfonamides is 1. The number of aromatic amines is 1. The van der Waals surface area contributed by atoms with Crippen molar-refractivity contribution in [2.75, 3.05) is 20.3 Å². The van der Waals surface area contributed by atoms with Crippen molar-refractivity contribution in [1.82, 2.24) is 9.29 Å². The third-order valence-electron chi connectivity index (χ3n) is 4.96. The Morgan fingerprint density at radius 3 is 2.69 bits per heavy atom. The molecule has 1 aliphatic heterocycles. The molecule has 0 spiro atoms. The largest absolute Gasteiger partial charge is 0.495 e. The highest BCUT2D eigenvalue weighted by atomic mass is 32.2. The second-order valence-corrected chi connectivity index (χ2v) is 8.77. The van der Waals surface area contributed by atoms with Crippen molar-refractivity contribution in [3.05, 3.63) is 47.8 Å². The molecular formula is C20H24N2O6S. The minimum absolute atomic E-state index is 0.0355. The van der Waals surface area contributed by atoms with Gasteiger partial charge in [-0.15, -0.1) is 0 Å². The summed E-state index contributed by atoms with van der Waals surface area (Å²) < 4.78 is 38.1. The van der Waals surface area contributed by atoms with Crippen LogP contribution in [0.2, 0.25) is 0 Å². The van der Waals surface area contributed by atoms with Gasteiger partial charge in [0.05, 0.1) is 18.4 Å². The molecule has 1 N–H and O–H groups in total. The Hall–Kier alpha value is -2.65. The molecule has 2 heterocycles. The molecule has 1 aromatic carbocycles. The summed E-state index contributed by atoms with van der Waals surface area (Å²) >= 11 is 0. The van der Waals surface area contributed by atoms with Crippen LogP contribution in [-0.4, -0.2) is 55.8 Å². The Bertz CT molecular complexity index is 984. The van der Waals surface area contributed by atoms with Crippen molar-refractivity contribution in [2.45, 2.75) is 37.1 Å². The standard InChI is InChI=1S/C20H24N2O6S/c1-14-6-3-4-11-22(14)29(25,26)19-12-15(8-9-18(19)27-2)20(24)28-13-17(23)16-7-5-10-21-16/h5,7-10,12,14,21H,3-4,6,11,13H2,1-2H3. The fourth-order valence-corrected chi connectivity index (χ4v) is 5.24. The monoisotopic (exact) mass is 420 g/mol. The maximum Gasteiger partial charge on any atom is 0.338 e. The van der Waals surface area contributed by atoms with Crippen LogP contribution in [0.3, 0.4) is 0 Å². The van der Waals surface area contributed by atoms with Gasteiger partial charge >= 0.3 is 5.97 Å². The number of ether oxygens (including phenoxy) is 2. The van der Waals surface area contributed by atoms with Crippen LogP contribution in [0.15, 0.2) is 41.4 Å². The Labute approximate surface area is 169 Å². The predicted molar refractivity (Wildman–Crippen MR) is 106 cm³/mol. The van der Waals surface area contributed by atoms with Crippen molar-refractivity contribution < 1.29 is 27.5 Å². The average molecular weight is 420 g/mol. The summed E-state index contributed by atoms with van der Waals surface area (Å²) in [6.45, 7) is 1.84. The molecule has 9 heteroatoms. The van der Waals surface area contributed by atoms with Gasteiger partial charge in [0.2, 0.25) is 15.8 Å². The number of nitrogens with one attached hydrogen (secondary N) is 1. The van der Waals surface area contributed by atoms with Gasteiger partial charge in [-0.05, 0) is 50.1 Å². The number of hydrogen-bond donors (Lipinski definition) is 1. The molecule has 0 aliphatic carbocycles. The van der Waals surface area contributed by atoms with E-state index in [0.29, 0.717) is 12.2 Å². The number of hydrogen-bond acceptors (Lipinski definition) is 6. The van der Waals surface area contributed by atoms with E-state index in [-0.39, 0.29) is 28.0 Å². The zero-order chi connectivity index (χ0) is 21.0. The molecule has 1 fully saturated rings. The number of piperidine rings is 1. The normalized spacial score (nSPS) is 17.7. The second kappa shape index (κ2) is 8.79. The third-order valence-corrected chi connectivity index (χ3v) is 7.00. The first-order valence-electron chi connectivity index (χ1n) is 9.38. The predicted octanol–water partition coefficient (Wildman–Crippen LogP) is 2.63. The number of ketones is 1. The Morgan fingerprint density at radius 1 is 1.24 bits per heavy atom. The van der Waals surface area contributed by atoms with Crippen LogP contribution in [-0.2, 0) is 14.8 Å². The summed E-state index contributed by atoms with van der Waals surface area (Å²) in [6.07, 6.45) is 4.14. The van der Waals surface area contributed by atoms with Crippen LogP contribution in [0.25, 0.3) is 0 Å². The number of aromatic nitrogens is 1. The zero-order valence-electron chi connectivity index (χ0n) is 16.4. The van der Waals surface area contributed by atoms with E-state index in [0.717, 1.165) is 19.3 Å². The summed E-state index contributed by atoms with van der Waals surface area (Å²) in [4.78, 5) is 27.0. The molecule has 156 valence electrons. The molecule has 1 unspecified atom stereocenters. The summed E-state index contributed by atoms with van der Waals surface area (Å²) in [5.74, 6) is -1.01. The van der Waals surface area contributed by atoms with Crippen molar-refractivity contribution in [3.8, 4) is 5.75 Å². The van der Waals surface area contributed by atoms with Gasteiger partial charge in [-0.3, -0.25) is 4.79 Å². The number of carbonyl (C=O) groups is 2. The van der Waals surface area contributed by atoms with E-state index in [1.807, 2.05) is 6.92 Å². The van der Waals surface area contributed by atoms with Gasteiger partial charge in [-0.1, -0.05) is 6.42 Å². The highest BCUT2D eigenvalue weighted by molar-refractivity contribution is 7.89.